The molecule has 2 fully saturated rings. The molecule has 6 nitrogen and oxygen atoms in total. The highest BCUT2D eigenvalue weighted by molar-refractivity contribution is 5.80. The van der Waals surface area contributed by atoms with Gasteiger partial charge in [-0.05, 0) is 19.3 Å². The van der Waals surface area contributed by atoms with Crippen molar-refractivity contribution in [3.05, 3.63) is 0 Å². The molecule has 9 heteroatoms. The summed E-state index contributed by atoms with van der Waals surface area (Å²) >= 11 is 0. The van der Waals surface area contributed by atoms with Gasteiger partial charge >= 0.3 is 18.2 Å². The van der Waals surface area contributed by atoms with E-state index in [1.54, 1.807) is 7.11 Å². The number of alkyl halides is 3. The Morgan fingerprint density at radius 2 is 2.00 bits per heavy atom. The van der Waals surface area contributed by atoms with E-state index in [-0.39, 0.29) is 18.7 Å². The van der Waals surface area contributed by atoms with Gasteiger partial charge in [-0.3, -0.25) is 4.79 Å². The zero-order valence-corrected chi connectivity index (χ0v) is 11.4. The SMILES string of the molecule is COC1CC(NC(=O)N2CCC(C(=O)O)(C(F)(F)F)C2)C1. The highest BCUT2D eigenvalue weighted by Gasteiger charge is 2.64. The van der Waals surface area contributed by atoms with Crippen LogP contribution in [0.1, 0.15) is 19.3 Å². The number of urea groups is 1. The normalized spacial score (nSPS) is 32.7. The number of hydrogen-bond acceptors (Lipinski definition) is 3. The molecule has 1 aliphatic heterocycles. The summed E-state index contributed by atoms with van der Waals surface area (Å²) in [6.45, 7) is -1.07. The Bertz CT molecular complexity index is 437. The number of likely N-dealkylation sites (tertiary alicyclic amines) is 1. The molecule has 2 N–H and O–H groups in total. The fourth-order valence-electron chi connectivity index (χ4n) is 2.65. The van der Waals surface area contributed by atoms with Crippen molar-refractivity contribution in [3.8, 4) is 0 Å². The summed E-state index contributed by atoms with van der Waals surface area (Å²) in [5.74, 6) is -1.94. The Morgan fingerprint density at radius 3 is 2.43 bits per heavy atom. The largest absolute Gasteiger partial charge is 0.481 e. The van der Waals surface area contributed by atoms with Gasteiger partial charge < -0.3 is 20.1 Å². The summed E-state index contributed by atoms with van der Waals surface area (Å²) in [4.78, 5) is 23.8. The van der Waals surface area contributed by atoms with Crippen LogP contribution in [-0.4, -0.2) is 60.5 Å². The van der Waals surface area contributed by atoms with Gasteiger partial charge in [-0.25, -0.2) is 4.79 Å². The summed E-state index contributed by atoms with van der Waals surface area (Å²) in [5.41, 5.74) is -2.86. The molecule has 0 bridgehead atoms. The van der Waals surface area contributed by atoms with Crippen LogP contribution >= 0.6 is 0 Å². The van der Waals surface area contributed by atoms with E-state index in [1.165, 1.54) is 0 Å². The predicted octanol–water partition coefficient (Wildman–Crippen LogP) is 1.21. The molecule has 0 aromatic carbocycles. The molecule has 1 heterocycles. The summed E-state index contributed by atoms with van der Waals surface area (Å²) in [6.07, 6.45) is -4.23. The average molecular weight is 310 g/mol. The Morgan fingerprint density at radius 1 is 1.38 bits per heavy atom. The van der Waals surface area contributed by atoms with Gasteiger partial charge in [0.15, 0.2) is 5.41 Å². The number of carbonyl (C=O) groups excluding carboxylic acids is 1. The molecular formula is C12H17F3N2O4. The van der Waals surface area contributed by atoms with Gasteiger partial charge in [0.25, 0.3) is 0 Å². The van der Waals surface area contributed by atoms with Gasteiger partial charge in [-0.15, -0.1) is 0 Å². The number of carboxylic acid groups (broad SMARTS) is 1. The number of hydrogen-bond donors (Lipinski definition) is 2. The van der Waals surface area contributed by atoms with Crippen LogP contribution in [0.25, 0.3) is 0 Å². The molecule has 1 saturated heterocycles. The maximum absolute atomic E-state index is 13.0. The van der Waals surface area contributed by atoms with Crippen LogP contribution in [0.5, 0.6) is 0 Å². The highest BCUT2D eigenvalue weighted by Crippen LogP contribution is 2.45. The lowest BCUT2D eigenvalue weighted by Gasteiger charge is -2.35. The number of ether oxygens (including phenoxy) is 1. The quantitative estimate of drug-likeness (QED) is 0.821. The van der Waals surface area contributed by atoms with Gasteiger partial charge in [-0.2, -0.15) is 13.2 Å². The van der Waals surface area contributed by atoms with Gasteiger partial charge in [0.2, 0.25) is 0 Å². The Kier molecular flexibility index (Phi) is 4.05. The summed E-state index contributed by atoms with van der Waals surface area (Å²) in [7, 11) is 1.55. The van der Waals surface area contributed by atoms with Crippen LogP contribution in [0.3, 0.4) is 0 Å². The van der Waals surface area contributed by atoms with Crippen molar-refractivity contribution in [2.24, 2.45) is 5.41 Å². The molecule has 2 aliphatic rings. The fourth-order valence-corrected chi connectivity index (χ4v) is 2.65. The number of methoxy groups -OCH3 is 1. The third kappa shape index (κ3) is 2.78. The van der Waals surface area contributed by atoms with Gasteiger partial charge in [0.05, 0.1) is 6.10 Å². The van der Waals surface area contributed by atoms with Crippen molar-refractivity contribution >= 4 is 12.0 Å². The Balaban J connectivity index is 1.95. The van der Waals surface area contributed by atoms with Crippen LogP contribution in [-0.2, 0) is 9.53 Å². The molecule has 1 saturated carbocycles. The standard InChI is InChI=1S/C12H17F3N2O4/c1-21-8-4-7(5-8)16-10(20)17-3-2-11(6-17,9(18)19)12(13,14)15/h7-8H,2-6H2,1H3,(H,16,20)(H,18,19). The minimum absolute atomic E-state index is 0.0576. The second kappa shape index (κ2) is 5.36. The Labute approximate surface area is 119 Å². The lowest BCUT2D eigenvalue weighted by atomic mass is 9.86. The summed E-state index contributed by atoms with van der Waals surface area (Å²) in [5, 5.41) is 11.5. The molecule has 2 rings (SSSR count). The number of nitrogens with one attached hydrogen (secondary N) is 1. The first-order valence-electron chi connectivity index (χ1n) is 6.58. The van der Waals surface area contributed by atoms with Crippen LogP contribution in [0.4, 0.5) is 18.0 Å². The minimum Gasteiger partial charge on any atom is -0.481 e. The molecular weight excluding hydrogens is 293 g/mol. The lowest BCUT2D eigenvalue weighted by molar-refractivity contribution is -0.226. The van der Waals surface area contributed by atoms with Gasteiger partial charge in [0.1, 0.15) is 0 Å². The fraction of sp³-hybridized carbons (Fsp3) is 0.833. The number of aliphatic carboxylic acids is 1. The van der Waals surface area contributed by atoms with E-state index < -0.39 is 36.6 Å². The Hall–Kier alpha value is -1.51. The van der Waals surface area contributed by atoms with E-state index in [0.717, 1.165) is 4.90 Å². The number of halogens is 3. The van der Waals surface area contributed by atoms with Gasteiger partial charge in [-0.1, -0.05) is 0 Å². The van der Waals surface area contributed by atoms with E-state index in [1.807, 2.05) is 0 Å². The topological polar surface area (TPSA) is 78.9 Å². The molecule has 0 radical (unpaired) electrons. The zero-order chi connectivity index (χ0) is 15.8. The van der Waals surface area contributed by atoms with E-state index in [4.69, 9.17) is 9.84 Å². The zero-order valence-electron chi connectivity index (χ0n) is 11.4. The number of carboxylic acids is 1. The minimum atomic E-state index is -4.88. The summed E-state index contributed by atoms with van der Waals surface area (Å²) in [6, 6.07) is -0.782. The molecule has 21 heavy (non-hydrogen) atoms. The van der Waals surface area contributed by atoms with E-state index in [9.17, 15) is 22.8 Å². The second-order valence-electron chi connectivity index (χ2n) is 5.53. The van der Waals surface area contributed by atoms with Crippen LogP contribution < -0.4 is 5.32 Å². The molecule has 1 aliphatic carbocycles. The maximum atomic E-state index is 13.0. The number of rotatable bonds is 3. The van der Waals surface area contributed by atoms with Crippen molar-refractivity contribution in [2.75, 3.05) is 20.2 Å². The van der Waals surface area contributed by atoms with Crippen molar-refractivity contribution < 1.29 is 32.6 Å². The van der Waals surface area contributed by atoms with Crippen molar-refractivity contribution in [3.63, 3.8) is 0 Å². The molecule has 120 valence electrons. The lowest BCUT2D eigenvalue weighted by Crippen LogP contribution is -2.53. The monoisotopic (exact) mass is 310 g/mol. The van der Waals surface area contributed by atoms with Crippen LogP contribution in [0.15, 0.2) is 0 Å². The smallest absolute Gasteiger partial charge is 0.406 e. The number of carbonyl (C=O) groups is 2. The maximum Gasteiger partial charge on any atom is 0.406 e. The molecule has 0 spiro atoms. The molecule has 2 amide bonds. The van der Waals surface area contributed by atoms with Crippen LogP contribution in [0, 0.1) is 5.41 Å². The number of nitrogens with zero attached hydrogens (tertiary/aromatic N) is 1. The van der Waals surface area contributed by atoms with Crippen molar-refractivity contribution in [1.82, 2.24) is 10.2 Å². The first-order valence-corrected chi connectivity index (χ1v) is 6.58. The molecule has 1 unspecified atom stereocenters. The van der Waals surface area contributed by atoms with Crippen LogP contribution in [0.2, 0.25) is 0 Å². The van der Waals surface area contributed by atoms with E-state index in [0.29, 0.717) is 12.8 Å². The van der Waals surface area contributed by atoms with Crippen molar-refractivity contribution in [2.45, 2.75) is 37.6 Å². The molecule has 0 aromatic heterocycles. The predicted molar refractivity (Wildman–Crippen MR) is 64.7 cm³/mol. The average Bonchev–Trinajstić information content (AvgIpc) is 2.78. The van der Waals surface area contributed by atoms with Gasteiger partial charge in [0, 0.05) is 26.2 Å². The second-order valence-corrected chi connectivity index (χ2v) is 5.53. The van der Waals surface area contributed by atoms with E-state index >= 15 is 0 Å². The third-order valence-electron chi connectivity index (χ3n) is 4.26. The molecule has 0 aromatic rings. The van der Waals surface area contributed by atoms with Crippen molar-refractivity contribution in [1.29, 1.82) is 0 Å². The third-order valence-corrected chi connectivity index (χ3v) is 4.26. The number of amides is 2. The first kappa shape index (κ1) is 15.9. The first-order chi connectivity index (χ1) is 9.69. The van der Waals surface area contributed by atoms with E-state index in [2.05, 4.69) is 5.32 Å². The molecule has 1 atom stereocenters. The summed E-state index contributed by atoms with van der Waals surface area (Å²) < 4.78 is 44.0. The highest BCUT2D eigenvalue weighted by atomic mass is 19.4.